The predicted molar refractivity (Wildman–Crippen MR) is 187 cm³/mol. The number of anilines is 1. The van der Waals surface area contributed by atoms with Gasteiger partial charge in [0.15, 0.2) is 15.8 Å². The topological polar surface area (TPSA) is 111 Å². The van der Waals surface area contributed by atoms with Crippen molar-refractivity contribution in [2.75, 3.05) is 18.6 Å². The third-order valence-corrected chi connectivity index (χ3v) is 10.0. The van der Waals surface area contributed by atoms with Crippen molar-refractivity contribution in [1.82, 2.24) is 10.2 Å². The zero-order chi connectivity index (χ0) is 33.6. The van der Waals surface area contributed by atoms with Gasteiger partial charge in [-0.3, -0.25) is 14.5 Å². The van der Waals surface area contributed by atoms with E-state index < -0.39 is 17.7 Å². The number of halogens is 1. The number of hydrogen-bond donors (Lipinski definition) is 1. The molecule has 2 heterocycles. The molecule has 0 bridgehead atoms. The van der Waals surface area contributed by atoms with E-state index in [-0.39, 0.29) is 16.5 Å². The van der Waals surface area contributed by atoms with Gasteiger partial charge in [0.1, 0.15) is 18.1 Å². The first-order valence-corrected chi connectivity index (χ1v) is 17.1. The Morgan fingerprint density at radius 3 is 2.42 bits per heavy atom. The Balaban J connectivity index is 1.38. The lowest BCUT2D eigenvalue weighted by Gasteiger charge is -2.23. The van der Waals surface area contributed by atoms with Crippen molar-refractivity contribution in [3.8, 4) is 17.2 Å². The standard InChI is InChI=1S/C36H30ClN3O6S2/c1-3-45-26-16-13-23(14-17-26)32(41)30-31(24-15-18-28(29(19-24)44-2)46-20-22-9-5-4-6-10-22)40(34(43)33(30)42)35-38-39-36(48-35)47-21-25-11-7-8-12-27(25)37/h4-19,31,41H,3,20-21H2,1-2H3/b32-30-. The monoisotopic (exact) mass is 699 g/mol. The number of thioether (sulfide) groups is 1. The Morgan fingerprint density at radius 2 is 1.69 bits per heavy atom. The number of benzene rings is 4. The van der Waals surface area contributed by atoms with Crippen LogP contribution in [0.15, 0.2) is 107 Å². The average molecular weight is 700 g/mol. The summed E-state index contributed by atoms with van der Waals surface area (Å²) in [5.74, 6) is -0.00530. The molecule has 0 saturated carbocycles. The number of carbonyl (C=O) groups excluding carboxylic acids is 2. The number of ketones is 1. The second kappa shape index (κ2) is 14.9. The molecule has 1 amide bonds. The number of hydrogen-bond acceptors (Lipinski definition) is 10. The molecule has 0 radical (unpaired) electrons. The lowest BCUT2D eigenvalue weighted by Crippen LogP contribution is -2.29. The second-order valence-electron chi connectivity index (χ2n) is 10.5. The van der Waals surface area contributed by atoms with Crippen LogP contribution < -0.4 is 19.1 Å². The molecule has 6 rings (SSSR count). The molecule has 1 N–H and O–H groups in total. The van der Waals surface area contributed by atoms with E-state index in [4.69, 9.17) is 25.8 Å². The van der Waals surface area contributed by atoms with Gasteiger partial charge in [-0.2, -0.15) is 0 Å². The van der Waals surface area contributed by atoms with Crippen LogP contribution in [0.1, 0.15) is 35.2 Å². The van der Waals surface area contributed by atoms with Gasteiger partial charge in [-0.05, 0) is 66.1 Å². The quantitative estimate of drug-likeness (QED) is 0.0454. The van der Waals surface area contributed by atoms with Crippen molar-refractivity contribution in [1.29, 1.82) is 0 Å². The molecule has 1 aliphatic rings. The molecule has 1 unspecified atom stereocenters. The molecular weight excluding hydrogens is 670 g/mol. The lowest BCUT2D eigenvalue weighted by molar-refractivity contribution is -0.132. The summed E-state index contributed by atoms with van der Waals surface area (Å²) < 4.78 is 17.9. The first kappa shape index (κ1) is 33.1. The highest BCUT2D eigenvalue weighted by Gasteiger charge is 2.48. The molecular formula is C36H30ClN3O6S2. The summed E-state index contributed by atoms with van der Waals surface area (Å²) in [4.78, 5) is 28.8. The van der Waals surface area contributed by atoms with Crippen LogP contribution in [0.25, 0.3) is 5.76 Å². The predicted octanol–water partition coefficient (Wildman–Crippen LogP) is 8.10. The number of aliphatic hydroxyl groups excluding tert-OH is 1. The van der Waals surface area contributed by atoms with Crippen molar-refractivity contribution >= 4 is 57.3 Å². The van der Waals surface area contributed by atoms with E-state index in [0.717, 1.165) is 11.1 Å². The van der Waals surface area contributed by atoms with Crippen LogP contribution in [-0.2, 0) is 21.9 Å². The number of aromatic nitrogens is 2. The van der Waals surface area contributed by atoms with E-state index in [2.05, 4.69) is 10.2 Å². The van der Waals surface area contributed by atoms with Crippen LogP contribution in [-0.4, -0.2) is 40.7 Å². The van der Waals surface area contributed by atoms with Gasteiger partial charge in [0.2, 0.25) is 5.13 Å². The van der Waals surface area contributed by atoms with Crippen molar-refractivity contribution < 1.29 is 28.9 Å². The zero-order valence-corrected chi connectivity index (χ0v) is 28.3. The van der Waals surface area contributed by atoms with Gasteiger partial charge in [0.25, 0.3) is 5.78 Å². The number of ether oxygens (including phenoxy) is 3. The smallest absolute Gasteiger partial charge is 0.301 e. The summed E-state index contributed by atoms with van der Waals surface area (Å²) in [6, 6.07) is 28.0. The second-order valence-corrected chi connectivity index (χ2v) is 13.1. The van der Waals surface area contributed by atoms with Crippen LogP contribution in [0.3, 0.4) is 0 Å². The minimum Gasteiger partial charge on any atom is -0.507 e. The highest BCUT2D eigenvalue weighted by molar-refractivity contribution is 8.00. The first-order valence-electron chi connectivity index (χ1n) is 15.0. The summed E-state index contributed by atoms with van der Waals surface area (Å²) in [5, 5.41) is 21.0. The van der Waals surface area contributed by atoms with E-state index in [1.165, 1.54) is 35.1 Å². The van der Waals surface area contributed by atoms with Gasteiger partial charge in [0.05, 0.1) is 25.3 Å². The fourth-order valence-electron chi connectivity index (χ4n) is 5.20. The van der Waals surface area contributed by atoms with Gasteiger partial charge in [-0.1, -0.05) is 89.3 Å². The summed E-state index contributed by atoms with van der Waals surface area (Å²) in [6.07, 6.45) is 0. The molecule has 4 aromatic carbocycles. The molecule has 5 aromatic rings. The molecule has 0 spiro atoms. The SMILES string of the molecule is CCOc1ccc(/C(O)=C2/C(=O)C(=O)N(c3nnc(SCc4ccccc4Cl)s3)C2c2ccc(OCc3ccccc3)c(OC)c2)cc1. The molecule has 12 heteroatoms. The van der Waals surface area contributed by atoms with Crippen LogP contribution in [0.2, 0.25) is 5.02 Å². The Labute approximate surface area is 290 Å². The molecule has 48 heavy (non-hydrogen) atoms. The average Bonchev–Trinajstić information content (AvgIpc) is 3.69. The van der Waals surface area contributed by atoms with Crippen molar-refractivity contribution in [3.63, 3.8) is 0 Å². The van der Waals surface area contributed by atoms with Gasteiger partial charge >= 0.3 is 5.91 Å². The normalized spacial score (nSPS) is 15.5. The van der Waals surface area contributed by atoms with E-state index in [9.17, 15) is 14.7 Å². The maximum Gasteiger partial charge on any atom is 0.301 e. The number of aliphatic hydroxyl groups is 1. The number of methoxy groups -OCH3 is 1. The van der Waals surface area contributed by atoms with Gasteiger partial charge in [-0.15, -0.1) is 10.2 Å². The summed E-state index contributed by atoms with van der Waals surface area (Å²) in [5.41, 5.74) is 2.67. The number of Topliss-reactive ketones (excluding diaryl/α,β-unsaturated/α-hetero) is 1. The Morgan fingerprint density at radius 1 is 0.938 bits per heavy atom. The minimum absolute atomic E-state index is 0.0929. The molecule has 1 fully saturated rings. The minimum atomic E-state index is -1.04. The van der Waals surface area contributed by atoms with Crippen LogP contribution in [0.5, 0.6) is 17.2 Å². The van der Waals surface area contributed by atoms with Crippen molar-refractivity contribution in [3.05, 3.63) is 130 Å². The molecule has 1 aromatic heterocycles. The fourth-order valence-corrected chi connectivity index (χ4v) is 7.35. The summed E-state index contributed by atoms with van der Waals surface area (Å²) in [7, 11) is 1.51. The molecule has 1 atom stereocenters. The van der Waals surface area contributed by atoms with Crippen molar-refractivity contribution in [2.24, 2.45) is 0 Å². The fraction of sp³-hybridized carbons (Fsp3) is 0.167. The number of amides is 1. The molecule has 0 aliphatic carbocycles. The third kappa shape index (κ3) is 7.03. The van der Waals surface area contributed by atoms with Gasteiger partial charge in [0, 0.05) is 16.3 Å². The number of carbonyl (C=O) groups is 2. The van der Waals surface area contributed by atoms with Gasteiger partial charge in [-0.25, -0.2) is 0 Å². The van der Waals surface area contributed by atoms with Crippen LogP contribution in [0, 0.1) is 0 Å². The van der Waals surface area contributed by atoms with E-state index in [1.807, 2.05) is 61.5 Å². The first-order chi connectivity index (χ1) is 23.4. The third-order valence-electron chi connectivity index (χ3n) is 7.53. The zero-order valence-electron chi connectivity index (χ0n) is 26.0. The Bertz CT molecular complexity index is 1970. The van der Waals surface area contributed by atoms with Gasteiger partial charge < -0.3 is 19.3 Å². The molecule has 244 valence electrons. The number of rotatable bonds is 12. The highest BCUT2D eigenvalue weighted by atomic mass is 35.5. The maximum atomic E-state index is 13.8. The summed E-state index contributed by atoms with van der Waals surface area (Å²) in [6.45, 7) is 2.66. The van der Waals surface area contributed by atoms with Crippen LogP contribution in [0.4, 0.5) is 5.13 Å². The molecule has 1 aliphatic heterocycles. The maximum absolute atomic E-state index is 13.8. The molecule has 9 nitrogen and oxygen atoms in total. The largest absolute Gasteiger partial charge is 0.507 e. The lowest BCUT2D eigenvalue weighted by atomic mass is 9.95. The van der Waals surface area contributed by atoms with Crippen LogP contribution >= 0.6 is 34.7 Å². The Kier molecular flexibility index (Phi) is 10.3. The van der Waals surface area contributed by atoms with E-state index in [0.29, 0.717) is 56.7 Å². The van der Waals surface area contributed by atoms with E-state index in [1.54, 1.807) is 42.5 Å². The van der Waals surface area contributed by atoms with Crippen molar-refractivity contribution in [2.45, 2.75) is 29.7 Å². The molecule has 1 saturated heterocycles. The highest BCUT2D eigenvalue weighted by Crippen LogP contribution is 2.46. The summed E-state index contributed by atoms with van der Waals surface area (Å²) >= 11 is 8.92. The number of nitrogens with zero attached hydrogens (tertiary/aromatic N) is 3. The van der Waals surface area contributed by atoms with E-state index >= 15 is 0 Å². The Hall–Kier alpha value is -4.84.